The zero-order valence-electron chi connectivity index (χ0n) is 10.8. The topological polar surface area (TPSA) is 41.5 Å². The van der Waals surface area contributed by atoms with E-state index in [-0.39, 0.29) is 12.0 Å². The minimum absolute atomic E-state index is 0.229. The van der Waals surface area contributed by atoms with Crippen LogP contribution in [0.4, 0.5) is 0 Å². The van der Waals surface area contributed by atoms with E-state index in [2.05, 4.69) is 5.32 Å². The van der Waals surface area contributed by atoms with Gasteiger partial charge in [-0.1, -0.05) is 37.0 Å². The summed E-state index contributed by atoms with van der Waals surface area (Å²) in [4.78, 5) is 0. The fourth-order valence-corrected chi connectivity index (χ4v) is 1.94. The Hall–Kier alpha value is -0.480. The molecule has 0 fully saturated rings. The van der Waals surface area contributed by atoms with Crippen LogP contribution in [0.15, 0.2) is 12.1 Å². The molecule has 0 heterocycles. The van der Waals surface area contributed by atoms with E-state index in [4.69, 9.17) is 27.9 Å². The van der Waals surface area contributed by atoms with Gasteiger partial charge in [-0.15, -0.1) is 0 Å². The first kappa shape index (κ1) is 15.6. The third-order valence-corrected chi connectivity index (χ3v) is 3.41. The van der Waals surface area contributed by atoms with Gasteiger partial charge in [0.2, 0.25) is 0 Å². The molecule has 2 N–H and O–H groups in total. The van der Waals surface area contributed by atoms with Crippen molar-refractivity contribution in [2.24, 2.45) is 5.92 Å². The van der Waals surface area contributed by atoms with Gasteiger partial charge < -0.3 is 15.2 Å². The third kappa shape index (κ3) is 4.32. The number of rotatable bonds is 6. The first-order valence-electron chi connectivity index (χ1n) is 5.86. The average Bonchev–Trinajstić information content (AvgIpc) is 2.32. The van der Waals surface area contributed by atoms with E-state index < -0.39 is 0 Å². The number of benzene rings is 1. The normalized spacial score (nSPS) is 12.8. The smallest absolute Gasteiger partial charge is 0.138 e. The lowest BCUT2D eigenvalue weighted by molar-refractivity contribution is 0.123. The van der Waals surface area contributed by atoms with Gasteiger partial charge >= 0.3 is 0 Å². The van der Waals surface area contributed by atoms with Crippen molar-refractivity contribution in [3.8, 4) is 5.75 Å². The standard InChI is InChI=1S/C13H19Cl2NO2/c1-8(2)12(17)7-16-6-9-4-11(15)13(18-3)5-10(9)14/h4-5,8,12,16-17H,6-7H2,1-3H3. The summed E-state index contributed by atoms with van der Waals surface area (Å²) < 4.78 is 5.08. The molecular formula is C13H19Cl2NO2. The fourth-order valence-electron chi connectivity index (χ4n) is 1.45. The molecule has 0 aliphatic rings. The maximum absolute atomic E-state index is 9.67. The van der Waals surface area contributed by atoms with E-state index in [0.29, 0.717) is 28.9 Å². The number of hydrogen-bond acceptors (Lipinski definition) is 3. The van der Waals surface area contributed by atoms with Crippen LogP contribution in [0.25, 0.3) is 0 Å². The van der Waals surface area contributed by atoms with Gasteiger partial charge in [0.15, 0.2) is 0 Å². The van der Waals surface area contributed by atoms with E-state index >= 15 is 0 Å². The molecule has 1 unspecified atom stereocenters. The number of methoxy groups -OCH3 is 1. The Bertz CT molecular complexity index is 397. The van der Waals surface area contributed by atoms with Gasteiger partial charge in [0.25, 0.3) is 0 Å². The van der Waals surface area contributed by atoms with Crippen LogP contribution in [-0.2, 0) is 6.54 Å². The molecule has 0 aromatic heterocycles. The summed E-state index contributed by atoms with van der Waals surface area (Å²) in [6.45, 7) is 5.04. The number of halogens is 2. The third-order valence-electron chi connectivity index (χ3n) is 2.76. The summed E-state index contributed by atoms with van der Waals surface area (Å²) in [5.41, 5.74) is 0.887. The van der Waals surface area contributed by atoms with E-state index in [0.717, 1.165) is 5.56 Å². The second-order valence-electron chi connectivity index (χ2n) is 4.52. The quantitative estimate of drug-likeness (QED) is 0.846. The zero-order chi connectivity index (χ0) is 13.7. The molecule has 0 amide bonds. The van der Waals surface area contributed by atoms with Crippen molar-refractivity contribution in [1.82, 2.24) is 5.32 Å². The first-order valence-corrected chi connectivity index (χ1v) is 6.62. The van der Waals surface area contributed by atoms with Crippen LogP contribution in [0.3, 0.4) is 0 Å². The maximum Gasteiger partial charge on any atom is 0.138 e. The van der Waals surface area contributed by atoms with E-state index in [1.54, 1.807) is 19.2 Å². The van der Waals surface area contributed by atoms with Crippen molar-refractivity contribution >= 4 is 23.2 Å². The molecule has 1 atom stereocenters. The predicted molar refractivity (Wildman–Crippen MR) is 75.6 cm³/mol. The number of nitrogens with one attached hydrogen (secondary N) is 1. The number of ether oxygens (including phenoxy) is 1. The summed E-state index contributed by atoms with van der Waals surface area (Å²) >= 11 is 12.1. The molecule has 102 valence electrons. The van der Waals surface area contributed by atoms with Crippen molar-refractivity contribution in [2.75, 3.05) is 13.7 Å². The molecule has 0 bridgehead atoms. The molecule has 1 aromatic carbocycles. The number of aliphatic hydroxyl groups excluding tert-OH is 1. The Kier molecular flexibility index (Phi) is 6.22. The highest BCUT2D eigenvalue weighted by Gasteiger charge is 2.10. The van der Waals surface area contributed by atoms with Crippen LogP contribution in [-0.4, -0.2) is 24.9 Å². The maximum atomic E-state index is 9.67. The summed E-state index contributed by atoms with van der Waals surface area (Å²) in [6, 6.07) is 3.47. The van der Waals surface area contributed by atoms with Crippen LogP contribution in [0.5, 0.6) is 5.75 Å². The SMILES string of the molecule is COc1cc(Cl)c(CNCC(O)C(C)C)cc1Cl. The Morgan fingerprint density at radius 1 is 1.28 bits per heavy atom. The minimum Gasteiger partial charge on any atom is -0.495 e. The van der Waals surface area contributed by atoms with Crippen molar-refractivity contribution in [2.45, 2.75) is 26.5 Å². The molecule has 1 rings (SSSR count). The molecule has 5 heteroatoms. The monoisotopic (exact) mass is 291 g/mol. The Labute approximate surface area is 118 Å². The fraction of sp³-hybridized carbons (Fsp3) is 0.538. The van der Waals surface area contributed by atoms with Crippen molar-refractivity contribution in [3.63, 3.8) is 0 Å². The highest BCUT2D eigenvalue weighted by molar-refractivity contribution is 6.34. The van der Waals surface area contributed by atoms with Gasteiger partial charge in [-0.3, -0.25) is 0 Å². The highest BCUT2D eigenvalue weighted by Crippen LogP contribution is 2.30. The van der Waals surface area contributed by atoms with E-state index in [9.17, 15) is 5.11 Å². The van der Waals surface area contributed by atoms with Gasteiger partial charge in [0.05, 0.1) is 18.2 Å². The molecule has 0 saturated carbocycles. The lowest BCUT2D eigenvalue weighted by atomic mass is 10.1. The van der Waals surface area contributed by atoms with E-state index in [1.807, 2.05) is 13.8 Å². The lowest BCUT2D eigenvalue weighted by Crippen LogP contribution is -2.30. The Morgan fingerprint density at radius 3 is 2.50 bits per heavy atom. The predicted octanol–water partition coefficient (Wildman–Crippen LogP) is 3.11. The molecule has 0 aliphatic heterocycles. The molecule has 0 spiro atoms. The Morgan fingerprint density at radius 2 is 1.94 bits per heavy atom. The van der Waals surface area contributed by atoms with Gasteiger partial charge in [0.1, 0.15) is 5.75 Å². The minimum atomic E-state index is -0.363. The van der Waals surface area contributed by atoms with Gasteiger partial charge in [-0.2, -0.15) is 0 Å². The molecule has 0 radical (unpaired) electrons. The van der Waals surface area contributed by atoms with Crippen molar-refractivity contribution in [1.29, 1.82) is 0 Å². The molecule has 0 aliphatic carbocycles. The first-order chi connectivity index (χ1) is 8.45. The van der Waals surface area contributed by atoms with Gasteiger partial charge in [-0.05, 0) is 17.5 Å². The van der Waals surface area contributed by atoms with Crippen molar-refractivity contribution < 1.29 is 9.84 Å². The Balaban J connectivity index is 2.60. The largest absolute Gasteiger partial charge is 0.495 e. The van der Waals surface area contributed by atoms with Crippen LogP contribution < -0.4 is 10.1 Å². The molecular weight excluding hydrogens is 273 g/mol. The molecule has 0 saturated heterocycles. The second-order valence-corrected chi connectivity index (χ2v) is 5.33. The van der Waals surface area contributed by atoms with Gasteiger partial charge in [0, 0.05) is 24.2 Å². The van der Waals surface area contributed by atoms with Crippen LogP contribution in [0.2, 0.25) is 10.0 Å². The highest BCUT2D eigenvalue weighted by atomic mass is 35.5. The van der Waals surface area contributed by atoms with Crippen LogP contribution in [0.1, 0.15) is 19.4 Å². The van der Waals surface area contributed by atoms with Crippen molar-refractivity contribution in [3.05, 3.63) is 27.7 Å². The van der Waals surface area contributed by atoms with Crippen LogP contribution in [0, 0.1) is 5.92 Å². The lowest BCUT2D eigenvalue weighted by Gasteiger charge is -2.16. The summed E-state index contributed by atoms with van der Waals surface area (Å²) in [5, 5.41) is 14.0. The summed E-state index contributed by atoms with van der Waals surface area (Å²) in [7, 11) is 1.55. The molecule has 1 aromatic rings. The average molecular weight is 292 g/mol. The summed E-state index contributed by atoms with van der Waals surface area (Å²) in [6.07, 6.45) is -0.363. The summed E-state index contributed by atoms with van der Waals surface area (Å²) in [5.74, 6) is 0.792. The number of hydrogen-bond donors (Lipinski definition) is 2. The van der Waals surface area contributed by atoms with Crippen LogP contribution >= 0.6 is 23.2 Å². The molecule has 3 nitrogen and oxygen atoms in total. The zero-order valence-corrected chi connectivity index (χ0v) is 12.3. The second kappa shape index (κ2) is 7.19. The van der Waals surface area contributed by atoms with E-state index in [1.165, 1.54) is 0 Å². The number of aliphatic hydroxyl groups is 1. The molecule has 18 heavy (non-hydrogen) atoms. The van der Waals surface area contributed by atoms with Gasteiger partial charge in [-0.25, -0.2) is 0 Å².